The summed E-state index contributed by atoms with van der Waals surface area (Å²) in [6, 6.07) is 1.23. The van der Waals surface area contributed by atoms with E-state index in [1.54, 1.807) is 0 Å². The zero-order valence-corrected chi connectivity index (χ0v) is 9.78. The molecule has 2 rings (SSSR count). The Labute approximate surface area is 92.8 Å². The lowest BCUT2D eigenvalue weighted by atomic mass is 10.0. The number of nitrogens with one attached hydrogen (secondary N) is 1. The molecule has 0 aromatic carbocycles. The smallest absolute Gasteiger partial charge is 0.0474 e. The van der Waals surface area contributed by atoms with E-state index in [1.807, 2.05) is 0 Å². The highest BCUT2D eigenvalue weighted by atomic mass is 16.3. The maximum atomic E-state index is 9.27. The zero-order chi connectivity index (χ0) is 10.7. The van der Waals surface area contributed by atoms with E-state index < -0.39 is 0 Å². The Morgan fingerprint density at radius 3 is 2.87 bits per heavy atom. The van der Waals surface area contributed by atoms with E-state index in [4.69, 9.17) is 0 Å². The van der Waals surface area contributed by atoms with Gasteiger partial charge in [-0.15, -0.1) is 0 Å². The predicted molar refractivity (Wildman–Crippen MR) is 61.9 cm³/mol. The lowest BCUT2D eigenvalue weighted by molar-refractivity contribution is 0.173. The predicted octanol–water partition coefficient (Wildman–Crippen LogP) is 0.831. The molecule has 2 aliphatic rings. The van der Waals surface area contributed by atoms with Gasteiger partial charge in [0.2, 0.25) is 0 Å². The molecule has 0 aromatic heterocycles. The van der Waals surface area contributed by atoms with Crippen LogP contribution in [-0.2, 0) is 0 Å². The van der Waals surface area contributed by atoms with Gasteiger partial charge in [-0.05, 0) is 45.2 Å². The van der Waals surface area contributed by atoms with Crippen molar-refractivity contribution in [3.05, 3.63) is 0 Å². The normalized spacial score (nSPS) is 38.4. The van der Waals surface area contributed by atoms with Crippen molar-refractivity contribution < 1.29 is 5.11 Å². The third kappa shape index (κ3) is 2.92. The van der Waals surface area contributed by atoms with Gasteiger partial charge >= 0.3 is 0 Å². The third-order valence-corrected chi connectivity index (χ3v) is 3.97. The monoisotopic (exact) mass is 212 g/mol. The number of aliphatic hydroxyl groups is 1. The molecule has 0 spiro atoms. The first-order chi connectivity index (χ1) is 7.29. The summed E-state index contributed by atoms with van der Waals surface area (Å²) in [6.07, 6.45) is 6.36. The van der Waals surface area contributed by atoms with Gasteiger partial charge in [0.15, 0.2) is 0 Å². The van der Waals surface area contributed by atoms with Gasteiger partial charge in [-0.1, -0.05) is 6.42 Å². The molecule has 1 saturated carbocycles. The Morgan fingerprint density at radius 1 is 1.27 bits per heavy atom. The molecular weight excluding hydrogens is 188 g/mol. The van der Waals surface area contributed by atoms with Crippen LogP contribution >= 0.6 is 0 Å². The Bertz CT molecular complexity index is 198. The van der Waals surface area contributed by atoms with Crippen LogP contribution in [0.3, 0.4) is 0 Å². The average molecular weight is 212 g/mol. The lowest BCUT2D eigenvalue weighted by Gasteiger charge is -2.33. The van der Waals surface area contributed by atoms with Gasteiger partial charge in [0, 0.05) is 25.2 Å². The van der Waals surface area contributed by atoms with Crippen LogP contribution in [0, 0.1) is 5.92 Å². The summed E-state index contributed by atoms with van der Waals surface area (Å²) in [5.74, 6) is 0.511. The molecule has 3 nitrogen and oxygen atoms in total. The Morgan fingerprint density at radius 2 is 2.13 bits per heavy atom. The van der Waals surface area contributed by atoms with Crippen LogP contribution in [-0.4, -0.2) is 48.8 Å². The first-order valence-corrected chi connectivity index (χ1v) is 6.35. The van der Waals surface area contributed by atoms with Crippen LogP contribution in [0.5, 0.6) is 0 Å². The lowest BCUT2D eigenvalue weighted by Crippen LogP contribution is -2.49. The number of hydrogen-bond acceptors (Lipinski definition) is 3. The van der Waals surface area contributed by atoms with E-state index in [-0.39, 0.29) is 0 Å². The van der Waals surface area contributed by atoms with Crippen LogP contribution in [0.1, 0.15) is 32.1 Å². The largest absolute Gasteiger partial charge is 0.396 e. The Kier molecular flexibility index (Phi) is 4.00. The fraction of sp³-hybridized carbons (Fsp3) is 1.00. The Hall–Kier alpha value is -0.120. The van der Waals surface area contributed by atoms with Gasteiger partial charge in [0.25, 0.3) is 0 Å². The highest BCUT2D eigenvalue weighted by Gasteiger charge is 2.29. The highest BCUT2D eigenvalue weighted by Crippen LogP contribution is 2.26. The second-order valence-corrected chi connectivity index (χ2v) is 5.25. The standard InChI is InChI=1S/C12H24N2O/c1-14-7-3-5-11(8-14)13-12-6-2-4-10(12)9-15/h10-13,15H,2-9H2,1H3. The summed E-state index contributed by atoms with van der Waals surface area (Å²) in [4.78, 5) is 2.41. The SMILES string of the molecule is CN1CCCC(NC2CCCC2CO)C1. The van der Waals surface area contributed by atoms with Crippen LogP contribution in [0.2, 0.25) is 0 Å². The maximum Gasteiger partial charge on any atom is 0.0474 e. The van der Waals surface area contributed by atoms with Crippen LogP contribution in [0.25, 0.3) is 0 Å². The quantitative estimate of drug-likeness (QED) is 0.727. The minimum Gasteiger partial charge on any atom is -0.396 e. The van der Waals surface area contributed by atoms with Crippen molar-refractivity contribution in [3.8, 4) is 0 Å². The van der Waals surface area contributed by atoms with Crippen molar-refractivity contribution in [2.75, 3.05) is 26.7 Å². The molecule has 0 radical (unpaired) electrons. The molecule has 1 aliphatic carbocycles. The number of nitrogens with zero attached hydrogens (tertiary/aromatic N) is 1. The number of hydrogen-bond donors (Lipinski definition) is 2. The summed E-state index contributed by atoms with van der Waals surface area (Å²) in [7, 11) is 2.20. The molecular formula is C12H24N2O. The molecule has 2 fully saturated rings. The first-order valence-electron chi connectivity index (χ1n) is 6.35. The number of rotatable bonds is 3. The van der Waals surface area contributed by atoms with Crippen molar-refractivity contribution in [2.45, 2.75) is 44.2 Å². The van der Waals surface area contributed by atoms with Crippen molar-refractivity contribution >= 4 is 0 Å². The van der Waals surface area contributed by atoms with Gasteiger partial charge in [0.05, 0.1) is 0 Å². The minimum absolute atomic E-state index is 0.361. The van der Waals surface area contributed by atoms with Gasteiger partial charge in [-0.25, -0.2) is 0 Å². The molecule has 2 N–H and O–H groups in total. The fourth-order valence-corrected chi connectivity index (χ4v) is 3.08. The minimum atomic E-state index is 0.361. The maximum absolute atomic E-state index is 9.27. The van der Waals surface area contributed by atoms with E-state index in [1.165, 1.54) is 45.2 Å². The summed E-state index contributed by atoms with van der Waals surface area (Å²) < 4.78 is 0. The first kappa shape index (κ1) is 11.4. The fourth-order valence-electron chi connectivity index (χ4n) is 3.08. The second kappa shape index (κ2) is 5.28. The van der Waals surface area contributed by atoms with Gasteiger partial charge in [-0.2, -0.15) is 0 Å². The molecule has 1 heterocycles. The van der Waals surface area contributed by atoms with E-state index in [2.05, 4.69) is 17.3 Å². The molecule has 1 aliphatic heterocycles. The number of piperidine rings is 1. The van der Waals surface area contributed by atoms with E-state index in [0.29, 0.717) is 24.6 Å². The van der Waals surface area contributed by atoms with Crippen molar-refractivity contribution in [1.82, 2.24) is 10.2 Å². The summed E-state index contributed by atoms with van der Waals surface area (Å²) >= 11 is 0. The summed E-state index contributed by atoms with van der Waals surface area (Å²) in [5.41, 5.74) is 0. The molecule has 3 heteroatoms. The van der Waals surface area contributed by atoms with Crippen LogP contribution in [0.4, 0.5) is 0 Å². The summed E-state index contributed by atoms with van der Waals surface area (Å²) in [6.45, 7) is 2.78. The Balaban J connectivity index is 1.80. The molecule has 3 unspecified atom stereocenters. The molecule has 0 aromatic rings. The molecule has 0 bridgehead atoms. The highest BCUT2D eigenvalue weighted by molar-refractivity contribution is 4.87. The number of aliphatic hydroxyl groups excluding tert-OH is 1. The second-order valence-electron chi connectivity index (χ2n) is 5.25. The molecule has 0 amide bonds. The van der Waals surface area contributed by atoms with Gasteiger partial charge in [-0.3, -0.25) is 0 Å². The van der Waals surface area contributed by atoms with Crippen LogP contribution < -0.4 is 5.32 Å². The topological polar surface area (TPSA) is 35.5 Å². The van der Waals surface area contributed by atoms with Crippen molar-refractivity contribution in [1.29, 1.82) is 0 Å². The van der Waals surface area contributed by atoms with E-state index >= 15 is 0 Å². The number of likely N-dealkylation sites (N-methyl/N-ethyl adjacent to an activating group) is 1. The van der Waals surface area contributed by atoms with Crippen molar-refractivity contribution in [3.63, 3.8) is 0 Å². The summed E-state index contributed by atoms with van der Waals surface area (Å²) in [5, 5.41) is 13.0. The van der Waals surface area contributed by atoms with Crippen molar-refractivity contribution in [2.24, 2.45) is 5.92 Å². The molecule has 3 atom stereocenters. The molecule has 1 saturated heterocycles. The number of likely N-dealkylation sites (tertiary alicyclic amines) is 1. The van der Waals surface area contributed by atoms with Gasteiger partial charge in [0.1, 0.15) is 0 Å². The third-order valence-electron chi connectivity index (χ3n) is 3.97. The van der Waals surface area contributed by atoms with Crippen LogP contribution in [0.15, 0.2) is 0 Å². The molecule has 15 heavy (non-hydrogen) atoms. The average Bonchev–Trinajstić information content (AvgIpc) is 2.65. The molecule has 88 valence electrons. The van der Waals surface area contributed by atoms with Gasteiger partial charge < -0.3 is 15.3 Å². The van der Waals surface area contributed by atoms with E-state index in [9.17, 15) is 5.11 Å². The van der Waals surface area contributed by atoms with E-state index in [0.717, 1.165) is 0 Å². The zero-order valence-electron chi connectivity index (χ0n) is 9.78.